The average molecular weight is 495 g/mol. The maximum Gasteiger partial charge on any atom is 0.342 e. The molecule has 0 spiro atoms. The lowest BCUT2D eigenvalue weighted by Crippen LogP contribution is -2.15. The highest BCUT2D eigenvalue weighted by Crippen LogP contribution is 2.28. The molecule has 8 heteroatoms. The van der Waals surface area contributed by atoms with E-state index in [1.165, 1.54) is 21.8 Å². The Bertz CT molecular complexity index is 1920. The number of benzene rings is 3. The molecule has 0 unspecified atom stereocenters. The standard InChI is InChI=1S/C28H18N2O5S/c1-16-24(32)19-10-7-11-20(26(19)35-25(16)17-8-3-2-4-9-17)27(33)34-15-18-14-23(31)30-21-12-5-6-13-22(21)36-28(30)29-18/h2-14H,15H2,1H3. The van der Waals surface area contributed by atoms with Crippen LogP contribution in [0.1, 0.15) is 21.6 Å². The molecule has 3 aromatic heterocycles. The Morgan fingerprint density at radius 3 is 2.61 bits per heavy atom. The van der Waals surface area contributed by atoms with Crippen LogP contribution in [0, 0.1) is 6.92 Å². The number of rotatable bonds is 4. The van der Waals surface area contributed by atoms with Gasteiger partial charge < -0.3 is 9.15 Å². The molecule has 6 aromatic rings. The lowest BCUT2D eigenvalue weighted by Gasteiger charge is -2.10. The molecule has 0 radical (unpaired) electrons. The minimum Gasteiger partial charge on any atom is -0.455 e. The van der Waals surface area contributed by atoms with E-state index < -0.39 is 5.97 Å². The molecular weight excluding hydrogens is 476 g/mol. The van der Waals surface area contributed by atoms with Gasteiger partial charge in [-0.2, -0.15) is 0 Å². The summed E-state index contributed by atoms with van der Waals surface area (Å²) in [5, 5.41) is 0.296. The Hall–Kier alpha value is -4.56. The Balaban J connectivity index is 1.36. The Kier molecular flexibility index (Phi) is 5.23. The summed E-state index contributed by atoms with van der Waals surface area (Å²) in [6.45, 7) is 1.50. The maximum atomic E-state index is 13.1. The number of ether oxygens (including phenoxy) is 1. The number of fused-ring (bicyclic) bond motifs is 4. The van der Waals surface area contributed by atoms with Gasteiger partial charge in [0, 0.05) is 17.2 Å². The van der Waals surface area contributed by atoms with Crippen molar-refractivity contribution in [2.24, 2.45) is 0 Å². The highest BCUT2D eigenvalue weighted by molar-refractivity contribution is 7.23. The third-order valence-corrected chi connectivity index (χ3v) is 7.02. The first-order chi connectivity index (χ1) is 17.5. The van der Waals surface area contributed by atoms with Crippen molar-refractivity contribution in [2.45, 2.75) is 13.5 Å². The Morgan fingerprint density at radius 1 is 1.00 bits per heavy atom. The van der Waals surface area contributed by atoms with Gasteiger partial charge in [-0.1, -0.05) is 59.9 Å². The average Bonchev–Trinajstić information content (AvgIpc) is 3.28. The lowest BCUT2D eigenvalue weighted by molar-refractivity contribution is 0.0469. The van der Waals surface area contributed by atoms with Crippen LogP contribution in [0.15, 0.2) is 92.9 Å². The zero-order chi connectivity index (χ0) is 24.8. The van der Waals surface area contributed by atoms with Gasteiger partial charge in [-0.15, -0.1) is 0 Å². The molecule has 0 bridgehead atoms. The third kappa shape index (κ3) is 3.59. The van der Waals surface area contributed by atoms with Crippen LogP contribution >= 0.6 is 11.3 Å². The number of para-hydroxylation sites is 2. The fraction of sp³-hybridized carbons (Fsp3) is 0.0714. The van der Waals surface area contributed by atoms with Crippen LogP contribution in [0.3, 0.4) is 0 Å². The molecule has 0 saturated carbocycles. The van der Waals surface area contributed by atoms with Gasteiger partial charge in [0.1, 0.15) is 17.9 Å². The van der Waals surface area contributed by atoms with Crippen molar-refractivity contribution in [3.05, 3.63) is 116 Å². The number of esters is 1. The smallest absolute Gasteiger partial charge is 0.342 e. The van der Waals surface area contributed by atoms with Crippen LogP contribution < -0.4 is 11.0 Å². The van der Waals surface area contributed by atoms with Crippen LogP contribution in [0.25, 0.3) is 37.5 Å². The molecule has 0 atom stereocenters. The Morgan fingerprint density at radius 2 is 1.78 bits per heavy atom. The third-order valence-electron chi connectivity index (χ3n) is 6.00. The van der Waals surface area contributed by atoms with E-state index in [4.69, 9.17) is 9.15 Å². The van der Waals surface area contributed by atoms with Crippen LogP contribution in [-0.4, -0.2) is 15.4 Å². The van der Waals surface area contributed by atoms with Gasteiger partial charge in [0.05, 0.1) is 21.3 Å². The number of carbonyl (C=O) groups excluding carboxylic acids is 1. The summed E-state index contributed by atoms with van der Waals surface area (Å²) in [6.07, 6.45) is 0. The molecule has 3 aromatic carbocycles. The number of hydrogen-bond acceptors (Lipinski definition) is 7. The van der Waals surface area contributed by atoms with Crippen LogP contribution in [0.4, 0.5) is 0 Å². The molecule has 0 amide bonds. The summed E-state index contributed by atoms with van der Waals surface area (Å²) in [7, 11) is 0. The highest BCUT2D eigenvalue weighted by Gasteiger charge is 2.20. The largest absolute Gasteiger partial charge is 0.455 e. The minimum absolute atomic E-state index is 0.126. The zero-order valence-corrected chi connectivity index (χ0v) is 19.9. The molecule has 0 saturated heterocycles. The Labute approximate surface area is 207 Å². The van der Waals surface area contributed by atoms with Gasteiger partial charge in [-0.3, -0.25) is 14.0 Å². The van der Waals surface area contributed by atoms with Gasteiger partial charge >= 0.3 is 5.97 Å². The van der Waals surface area contributed by atoms with Crippen LogP contribution in [-0.2, 0) is 11.3 Å². The predicted molar refractivity (Wildman–Crippen MR) is 139 cm³/mol. The molecule has 3 heterocycles. The molecule has 0 N–H and O–H groups in total. The normalized spacial score (nSPS) is 11.4. The molecule has 6 rings (SSSR count). The lowest BCUT2D eigenvalue weighted by atomic mass is 10.0. The van der Waals surface area contributed by atoms with Crippen molar-refractivity contribution in [1.29, 1.82) is 0 Å². The minimum atomic E-state index is -0.676. The van der Waals surface area contributed by atoms with Crippen molar-refractivity contribution in [2.75, 3.05) is 0 Å². The number of carbonyl (C=O) groups is 1. The van der Waals surface area contributed by atoms with Gasteiger partial charge in [-0.25, -0.2) is 9.78 Å². The molecular formula is C28H18N2O5S. The van der Waals surface area contributed by atoms with E-state index in [2.05, 4.69) is 4.98 Å². The van der Waals surface area contributed by atoms with Gasteiger partial charge in [0.2, 0.25) is 0 Å². The van der Waals surface area contributed by atoms with E-state index in [1.54, 1.807) is 25.1 Å². The SMILES string of the molecule is Cc1c(-c2ccccc2)oc2c(C(=O)OCc3cc(=O)n4c(n3)sc3ccccc34)cccc2c1=O. The van der Waals surface area contributed by atoms with E-state index in [9.17, 15) is 14.4 Å². The van der Waals surface area contributed by atoms with Gasteiger partial charge in [0.15, 0.2) is 16.0 Å². The fourth-order valence-electron chi connectivity index (χ4n) is 4.25. The van der Waals surface area contributed by atoms with E-state index in [0.717, 1.165) is 15.8 Å². The van der Waals surface area contributed by atoms with E-state index in [0.29, 0.717) is 27.4 Å². The molecule has 176 valence electrons. The molecule has 0 aliphatic carbocycles. The highest BCUT2D eigenvalue weighted by atomic mass is 32.1. The van der Waals surface area contributed by atoms with E-state index in [-0.39, 0.29) is 28.7 Å². The predicted octanol–water partition coefficient (Wildman–Crippen LogP) is 5.35. The van der Waals surface area contributed by atoms with Crippen molar-refractivity contribution in [1.82, 2.24) is 9.38 Å². The number of thiazole rings is 1. The number of aromatic nitrogens is 2. The van der Waals surface area contributed by atoms with Gasteiger partial charge in [0.25, 0.3) is 5.56 Å². The summed E-state index contributed by atoms with van der Waals surface area (Å²) in [5.74, 6) is -0.275. The fourth-order valence-corrected chi connectivity index (χ4v) is 5.30. The monoisotopic (exact) mass is 494 g/mol. The summed E-state index contributed by atoms with van der Waals surface area (Å²) in [6, 6.07) is 23.0. The maximum absolute atomic E-state index is 13.1. The second-order valence-corrected chi connectivity index (χ2v) is 9.29. The van der Waals surface area contributed by atoms with Crippen molar-refractivity contribution >= 4 is 43.5 Å². The second-order valence-electron chi connectivity index (χ2n) is 8.28. The van der Waals surface area contributed by atoms with E-state index in [1.807, 2.05) is 54.6 Å². The second kappa shape index (κ2) is 8.58. The summed E-state index contributed by atoms with van der Waals surface area (Å²) in [4.78, 5) is 43.9. The molecule has 36 heavy (non-hydrogen) atoms. The first-order valence-electron chi connectivity index (χ1n) is 11.2. The van der Waals surface area contributed by atoms with Crippen LogP contribution in [0.2, 0.25) is 0 Å². The summed E-state index contributed by atoms with van der Waals surface area (Å²) < 4.78 is 14.1. The molecule has 0 fully saturated rings. The first-order valence-corrected chi connectivity index (χ1v) is 12.0. The van der Waals surface area contributed by atoms with Gasteiger partial charge in [-0.05, 0) is 31.2 Å². The molecule has 0 aliphatic rings. The summed E-state index contributed by atoms with van der Waals surface area (Å²) in [5.41, 5.74) is 2.14. The number of nitrogens with zero attached hydrogens (tertiary/aromatic N) is 2. The first kappa shape index (κ1) is 21.9. The number of hydrogen-bond donors (Lipinski definition) is 0. The van der Waals surface area contributed by atoms with Crippen molar-refractivity contribution in [3.63, 3.8) is 0 Å². The molecule has 0 aliphatic heterocycles. The summed E-state index contributed by atoms with van der Waals surface area (Å²) >= 11 is 1.39. The van der Waals surface area contributed by atoms with Crippen LogP contribution in [0.5, 0.6) is 0 Å². The quantitative estimate of drug-likeness (QED) is 0.307. The van der Waals surface area contributed by atoms with Crippen molar-refractivity contribution < 1.29 is 13.9 Å². The topological polar surface area (TPSA) is 90.9 Å². The zero-order valence-electron chi connectivity index (χ0n) is 19.1. The molecule has 7 nitrogen and oxygen atoms in total. The van der Waals surface area contributed by atoms with E-state index >= 15 is 0 Å². The van der Waals surface area contributed by atoms with Crippen molar-refractivity contribution in [3.8, 4) is 11.3 Å².